The van der Waals surface area contributed by atoms with Crippen LogP contribution in [0, 0.1) is 23.7 Å². The molecule has 140 valence electrons. The van der Waals surface area contributed by atoms with Crippen molar-refractivity contribution in [2.45, 2.75) is 53.0 Å². The van der Waals surface area contributed by atoms with Crippen molar-refractivity contribution < 1.29 is 9.59 Å². The Morgan fingerprint density at radius 2 is 2.08 bits per heavy atom. The molecule has 1 aliphatic heterocycles. The van der Waals surface area contributed by atoms with Gasteiger partial charge in [0, 0.05) is 30.4 Å². The smallest absolute Gasteiger partial charge is 0.322 e. The van der Waals surface area contributed by atoms with Gasteiger partial charge in [0.15, 0.2) is 0 Å². The summed E-state index contributed by atoms with van der Waals surface area (Å²) in [5.41, 5.74) is 2.80. The Labute approximate surface area is 155 Å². The largest absolute Gasteiger partial charge is 0.349 e. The molecular formula is C21H29N3O2. The molecule has 5 nitrogen and oxygen atoms in total. The summed E-state index contributed by atoms with van der Waals surface area (Å²) < 4.78 is 0. The number of carbonyl (C=O) groups is 2. The summed E-state index contributed by atoms with van der Waals surface area (Å²) in [6, 6.07) is 5.78. The van der Waals surface area contributed by atoms with Crippen LogP contribution < -0.4 is 15.5 Å². The van der Waals surface area contributed by atoms with E-state index < -0.39 is 0 Å². The van der Waals surface area contributed by atoms with Gasteiger partial charge in [-0.25, -0.2) is 4.79 Å². The fourth-order valence-corrected chi connectivity index (χ4v) is 5.52. The zero-order valence-corrected chi connectivity index (χ0v) is 16.2. The highest BCUT2D eigenvalue weighted by Gasteiger charge is 2.61. The standard InChI is InChI=1S/C21H29N3O2/c1-13-15(6-5-7-16(13)24-11-10-22-19(24)26)18(25)23-17-12-14-8-9-21(17,4)20(14,2)3/h5-7,14,17H,8-12H2,1-4H3,(H,22,26)(H,23,25). The summed E-state index contributed by atoms with van der Waals surface area (Å²) in [4.78, 5) is 26.8. The zero-order chi connectivity index (χ0) is 18.7. The lowest BCUT2D eigenvalue weighted by Gasteiger charge is -2.39. The quantitative estimate of drug-likeness (QED) is 0.872. The van der Waals surface area contributed by atoms with Crippen LogP contribution in [-0.2, 0) is 0 Å². The van der Waals surface area contributed by atoms with E-state index in [1.807, 2.05) is 25.1 Å². The van der Waals surface area contributed by atoms with E-state index in [1.165, 1.54) is 12.8 Å². The van der Waals surface area contributed by atoms with Gasteiger partial charge in [-0.3, -0.25) is 9.69 Å². The highest BCUT2D eigenvalue weighted by atomic mass is 16.2. The molecule has 4 rings (SSSR count). The second kappa shape index (κ2) is 5.73. The Bertz CT molecular complexity index is 773. The molecule has 2 N–H and O–H groups in total. The average molecular weight is 355 g/mol. The van der Waals surface area contributed by atoms with E-state index in [4.69, 9.17) is 0 Å². The molecule has 5 heteroatoms. The molecule has 3 aliphatic rings. The second-order valence-electron chi connectivity index (χ2n) is 8.97. The minimum Gasteiger partial charge on any atom is -0.349 e. The minimum atomic E-state index is -0.0898. The van der Waals surface area contributed by atoms with Gasteiger partial charge in [-0.05, 0) is 60.6 Å². The first-order valence-corrected chi connectivity index (χ1v) is 9.71. The molecule has 26 heavy (non-hydrogen) atoms. The molecule has 1 aromatic rings. The summed E-state index contributed by atoms with van der Waals surface area (Å²) in [5.74, 6) is 0.678. The van der Waals surface area contributed by atoms with E-state index in [2.05, 4.69) is 31.4 Å². The number of nitrogens with one attached hydrogen (secondary N) is 2. The maximum Gasteiger partial charge on any atom is 0.322 e. The van der Waals surface area contributed by atoms with E-state index in [1.54, 1.807) is 4.90 Å². The molecule has 0 aromatic heterocycles. The number of carbonyl (C=O) groups excluding carboxylic acids is 2. The number of anilines is 1. The highest BCUT2D eigenvalue weighted by Crippen LogP contribution is 2.65. The van der Waals surface area contributed by atoms with Gasteiger partial charge >= 0.3 is 6.03 Å². The number of hydrogen-bond acceptors (Lipinski definition) is 2. The van der Waals surface area contributed by atoms with Crippen LogP contribution in [0.3, 0.4) is 0 Å². The van der Waals surface area contributed by atoms with E-state index in [0.29, 0.717) is 24.6 Å². The number of rotatable bonds is 3. The molecule has 1 aromatic carbocycles. The summed E-state index contributed by atoms with van der Waals surface area (Å²) in [6.45, 7) is 10.3. The van der Waals surface area contributed by atoms with Crippen LogP contribution in [0.5, 0.6) is 0 Å². The maximum absolute atomic E-state index is 13.1. The first-order valence-electron chi connectivity index (χ1n) is 9.71. The first-order chi connectivity index (χ1) is 12.3. The van der Waals surface area contributed by atoms with Crippen LogP contribution in [0.25, 0.3) is 0 Å². The summed E-state index contributed by atoms with van der Waals surface area (Å²) in [6.07, 6.45) is 3.53. The molecule has 3 amide bonds. The van der Waals surface area contributed by atoms with Crippen LogP contribution in [0.15, 0.2) is 18.2 Å². The van der Waals surface area contributed by atoms with Gasteiger partial charge in [0.05, 0.1) is 0 Å². The molecule has 3 atom stereocenters. The van der Waals surface area contributed by atoms with Crippen molar-refractivity contribution in [2.24, 2.45) is 16.7 Å². The molecule has 2 aliphatic carbocycles. The number of nitrogens with zero attached hydrogens (tertiary/aromatic N) is 1. The van der Waals surface area contributed by atoms with Gasteiger partial charge < -0.3 is 10.6 Å². The average Bonchev–Trinajstić information content (AvgIpc) is 3.16. The molecule has 3 fully saturated rings. The highest BCUT2D eigenvalue weighted by molar-refractivity contribution is 6.00. The van der Waals surface area contributed by atoms with Gasteiger partial charge in [-0.15, -0.1) is 0 Å². The summed E-state index contributed by atoms with van der Waals surface area (Å²) in [5, 5.41) is 6.16. The molecule has 0 radical (unpaired) electrons. The van der Waals surface area contributed by atoms with Gasteiger partial charge in [0.1, 0.15) is 0 Å². The predicted octanol–water partition coefficient (Wildman–Crippen LogP) is 3.47. The van der Waals surface area contributed by atoms with E-state index >= 15 is 0 Å². The zero-order valence-electron chi connectivity index (χ0n) is 16.2. The Morgan fingerprint density at radius 3 is 2.65 bits per heavy atom. The predicted molar refractivity (Wildman–Crippen MR) is 102 cm³/mol. The Hall–Kier alpha value is -2.04. The monoisotopic (exact) mass is 355 g/mol. The third-order valence-corrected chi connectivity index (χ3v) is 7.80. The fourth-order valence-electron chi connectivity index (χ4n) is 5.52. The number of benzene rings is 1. The van der Waals surface area contributed by atoms with Crippen LogP contribution >= 0.6 is 0 Å². The normalized spacial score (nSPS) is 32.0. The Morgan fingerprint density at radius 1 is 1.31 bits per heavy atom. The topological polar surface area (TPSA) is 61.4 Å². The van der Waals surface area contributed by atoms with Gasteiger partial charge in [0.25, 0.3) is 5.91 Å². The Kier molecular flexibility index (Phi) is 3.83. The SMILES string of the molecule is Cc1c(C(=O)NC2CC3CCC2(C)C3(C)C)cccc1N1CCNC1=O. The number of amides is 3. The van der Waals surface area contributed by atoms with Gasteiger partial charge in [-0.1, -0.05) is 26.8 Å². The van der Waals surface area contributed by atoms with Crippen molar-refractivity contribution in [3.05, 3.63) is 29.3 Å². The van der Waals surface area contributed by atoms with Gasteiger partial charge in [0.2, 0.25) is 0 Å². The first kappa shape index (κ1) is 17.4. The third kappa shape index (κ3) is 2.29. The molecule has 2 bridgehead atoms. The lowest BCUT2D eigenvalue weighted by Crippen LogP contribution is -2.47. The molecule has 2 saturated carbocycles. The van der Waals surface area contributed by atoms with Gasteiger partial charge in [-0.2, -0.15) is 0 Å². The van der Waals surface area contributed by atoms with E-state index in [9.17, 15) is 9.59 Å². The second-order valence-corrected chi connectivity index (χ2v) is 8.97. The van der Waals surface area contributed by atoms with Crippen molar-refractivity contribution in [2.75, 3.05) is 18.0 Å². The molecule has 1 heterocycles. The van der Waals surface area contributed by atoms with Crippen molar-refractivity contribution in [3.63, 3.8) is 0 Å². The van der Waals surface area contributed by atoms with E-state index in [-0.39, 0.29) is 28.8 Å². The number of urea groups is 1. The Balaban J connectivity index is 1.57. The fraction of sp³-hybridized carbons (Fsp3) is 0.619. The molecule has 3 unspecified atom stereocenters. The molecular weight excluding hydrogens is 326 g/mol. The van der Waals surface area contributed by atoms with Crippen molar-refractivity contribution in [1.29, 1.82) is 0 Å². The summed E-state index contributed by atoms with van der Waals surface area (Å²) in [7, 11) is 0. The van der Waals surface area contributed by atoms with Crippen LogP contribution in [-0.4, -0.2) is 31.1 Å². The molecule has 0 spiro atoms. The summed E-state index contributed by atoms with van der Waals surface area (Å²) >= 11 is 0. The third-order valence-electron chi connectivity index (χ3n) is 7.80. The number of hydrogen-bond donors (Lipinski definition) is 2. The number of fused-ring (bicyclic) bond motifs is 2. The van der Waals surface area contributed by atoms with Crippen LogP contribution in [0.1, 0.15) is 56.0 Å². The lowest BCUT2D eigenvalue weighted by atomic mass is 9.69. The molecule has 1 saturated heterocycles. The van der Waals surface area contributed by atoms with Crippen LogP contribution in [0.2, 0.25) is 0 Å². The van der Waals surface area contributed by atoms with Crippen LogP contribution in [0.4, 0.5) is 10.5 Å². The van der Waals surface area contributed by atoms with Crippen molar-refractivity contribution in [1.82, 2.24) is 10.6 Å². The van der Waals surface area contributed by atoms with Crippen molar-refractivity contribution in [3.8, 4) is 0 Å². The lowest BCUT2D eigenvalue weighted by molar-refractivity contribution is 0.0825. The van der Waals surface area contributed by atoms with Crippen molar-refractivity contribution >= 4 is 17.6 Å². The minimum absolute atomic E-state index is 0.0152. The van der Waals surface area contributed by atoms with E-state index in [0.717, 1.165) is 17.7 Å². The maximum atomic E-state index is 13.1.